The first-order chi connectivity index (χ1) is 13.8. The van der Waals surface area contributed by atoms with Gasteiger partial charge < -0.3 is 9.47 Å². The SMILES string of the molecule is COC1CCC(C(C)(C)C2CCC(OC(=O)C3CCCC(C(C)=O)C3)CC2)CC1. The van der Waals surface area contributed by atoms with Crippen LogP contribution in [0.15, 0.2) is 0 Å². The van der Waals surface area contributed by atoms with Gasteiger partial charge in [-0.1, -0.05) is 20.3 Å². The minimum atomic E-state index is -0.0669. The second-order valence-electron chi connectivity index (χ2n) is 10.6. The highest BCUT2D eigenvalue weighted by Gasteiger charge is 2.41. The molecular weight excluding hydrogens is 364 g/mol. The van der Waals surface area contributed by atoms with Crippen molar-refractivity contribution in [1.82, 2.24) is 0 Å². The standard InChI is InChI=1S/C25H42O4/c1-17(26)18-6-5-7-19(16-18)24(27)29-23-14-10-21(11-15-23)25(2,3)20-8-12-22(28-4)13-9-20/h18-23H,5-16H2,1-4H3. The van der Waals surface area contributed by atoms with Gasteiger partial charge in [-0.05, 0) is 94.8 Å². The van der Waals surface area contributed by atoms with Crippen molar-refractivity contribution in [3.63, 3.8) is 0 Å². The average molecular weight is 407 g/mol. The summed E-state index contributed by atoms with van der Waals surface area (Å²) in [4.78, 5) is 24.4. The molecule has 3 aliphatic rings. The summed E-state index contributed by atoms with van der Waals surface area (Å²) < 4.78 is 11.5. The lowest BCUT2D eigenvalue weighted by Crippen LogP contribution is -2.39. The van der Waals surface area contributed by atoms with Gasteiger partial charge in [0.1, 0.15) is 11.9 Å². The fourth-order valence-electron chi connectivity index (χ4n) is 6.33. The molecule has 3 saturated carbocycles. The minimum absolute atomic E-state index is 0.0449. The minimum Gasteiger partial charge on any atom is -0.462 e. The van der Waals surface area contributed by atoms with Gasteiger partial charge in [0.15, 0.2) is 0 Å². The molecule has 3 fully saturated rings. The third-order valence-electron chi connectivity index (χ3n) is 8.65. The molecule has 4 heteroatoms. The lowest BCUT2D eigenvalue weighted by atomic mass is 9.60. The largest absolute Gasteiger partial charge is 0.462 e. The zero-order valence-electron chi connectivity index (χ0n) is 19.1. The molecule has 3 aliphatic carbocycles. The van der Waals surface area contributed by atoms with Crippen LogP contribution in [0.25, 0.3) is 0 Å². The van der Waals surface area contributed by atoms with Crippen molar-refractivity contribution in [3.05, 3.63) is 0 Å². The van der Waals surface area contributed by atoms with E-state index < -0.39 is 0 Å². The predicted molar refractivity (Wildman–Crippen MR) is 115 cm³/mol. The van der Waals surface area contributed by atoms with E-state index in [9.17, 15) is 9.59 Å². The van der Waals surface area contributed by atoms with Gasteiger partial charge in [-0.25, -0.2) is 0 Å². The van der Waals surface area contributed by atoms with Gasteiger partial charge >= 0.3 is 5.97 Å². The smallest absolute Gasteiger partial charge is 0.309 e. The molecule has 29 heavy (non-hydrogen) atoms. The molecule has 0 aliphatic heterocycles. The van der Waals surface area contributed by atoms with Crippen molar-refractivity contribution in [2.24, 2.45) is 29.1 Å². The first kappa shape index (κ1) is 22.8. The number of esters is 1. The van der Waals surface area contributed by atoms with E-state index in [0.717, 1.165) is 56.8 Å². The van der Waals surface area contributed by atoms with Crippen LogP contribution >= 0.6 is 0 Å². The molecule has 0 heterocycles. The Bertz CT molecular complexity index is 553. The van der Waals surface area contributed by atoms with Crippen molar-refractivity contribution in [3.8, 4) is 0 Å². The quantitative estimate of drug-likeness (QED) is 0.530. The molecule has 2 unspecified atom stereocenters. The summed E-state index contributed by atoms with van der Waals surface area (Å²) in [6, 6.07) is 0. The molecule has 166 valence electrons. The molecule has 0 N–H and O–H groups in total. The number of carbonyl (C=O) groups excluding carboxylic acids is 2. The van der Waals surface area contributed by atoms with Crippen LogP contribution < -0.4 is 0 Å². The number of methoxy groups -OCH3 is 1. The maximum atomic E-state index is 12.7. The lowest BCUT2D eigenvalue weighted by molar-refractivity contribution is -0.158. The zero-order valence-corrected chi connectivity index (χ0v) is 19.1. The van der Waals surface area contributed by atoms with Gasteiger partial charge in [0, 0.05) is 13.0 Å². The molecule has 2 atom stereocenters. The second kappa shape index (κ2) is 9.94. The van der Waals surface area contributed by atoms with Gasteiger partial charge in [-0.3, -0.25) is 9.59 Å². The number of hydrogen-bond acceptors (Lipinski definition) is 4. The molecule has 0 aromatic carbocycles. The number of carbonyl (C=O) groups is 2. The molecule has 4 nitrogen and oxygen atoms in total. The normalized spacial score (nSPS) is 36.4. The number of ketones is 1. The number of hydrogen-bond donors (Lipinski definition) is 0. The summed E-state index contributed by atoms with van der Waals surface area (Å²) in [6.07, 6.45) is 13.3. The van der Waals surface area contributed by atoms with Crippen molar-refractivity contribution in [1.29, 1.82) is 0 Å². The molecule has 0 amide bonds. The van der Waals surface area contributed by atoms with Crippen molar-refractivity contribution in [2.75, 3.05) is 7.11 Å². The Balaban J connectivity index is 1.45. The fourth-order valence-corrected chi connectivity index (χ4v) is 6.33. The summed E-state index contributed by atoms with van der Waals surface area (Å²) >= 11 is 0. The molecule has 0 spiro atoms. The molecule has 0 radical (unpaired) electrons. The molecular formula is C25H42O4. The first-order valence-electron chi connectivity index (χ1n) is 12.0. The maximum absolute atomic E-state index is 12.7. The summed E-state index contributed by atoms with van der Waals surface area (Å²) in [7, 11) is 1.84. The van der Waals surface area contributed by atoms with Crippen LogP contribution in [0.5, 0.6) is 0 Å². The summed E-state index contributed by atoms with van der Waals surface area (Å²) in [5.41, 5.74) is 0.353. The van der Waals surface area contributed by atoms with E-state index in [0.29, 0.717) is 17.9 Å². The van der Waals surface area contributed by atoms with E-state index in [1.165, 1.54) is 25.7 Å². The van der Waals surface area contributed by atoms with E-state index in [1.54, 1.807) is 6.92 Å². The van der Waals surface area contributed by atoms with Gasteiger partial charge in [0.05, 0.1) is 12.0 Å². The van der Waals surface area contributed by atoms with Gasteiger partial charge in [-0.2, -0.15) is 0 Å². The Labute approximate surface area is 177 Å². The molecule has 0 saturated heterocycles. The van der Waals surface area contributed by atoms with Crippen LogP contribution in [0, 0.1) is 29.1 Å². The monoisotopic (exact) mass is 406 g/mol. The Kier molecular flexibility index (Phi) is 7.81. The van der Waals surface area contributed by atoms with Gasteiger partial charge in [0.2, 0.25) is 0 Å². The summed E-state index contributed by atoms with van der Waals surface area (Å²) in [5.74, 6) is 1.68. The Hall–Kier alpha value is -0.900. The third kappa shape index (κ3) is 5.62. The highest BCUT2D eigenvalue weighted by molar-refractivity contribution is 5.80. The van der Waals surface area contributed by atoms with Crippen LogP contribution in [0.2, 0.25) is 0 Å². The van der Waals surface area contributed by atoms with Crippen LogP contribution in [0.1, 0.15) is 97.8 Å². The topological polar surface area (TPSA) is 52.6 Å². The predicted octanol–water partition coefficient (Wildman–Crippen LogP) is 5.72. The molecule has 0 bridgehead atoms. The Morgan fingerprint density at radius 1 is 0.759 bits per heavy atom. The van der Waals surface area contributed by atoms with E-state index in [1.807, 2.05) is 7.11 Å². The van der Waals surface area contributed by atoms with Crippen molar-refractivity contribution < 1.29 is 19.1 Å². The van der Waals surface area contributed by atoms with E-state index in [2.05, 4.69) is 13.8 Å². The second-order valence-corrected chi connectivity index (χ2v) is 10.6. The van der Waals surface area contributed by atoms with Crippen LogP contribution in [0.4, 0.5) is 0 Å². The van der Waals surface area contributed by atoms with Crippen molar-refractivity contribution in [2.45, 2.75) is 110 Å². The number of ether oxygens (including phenoxy) is 2. The molecule has 0 aromatic rings. The van der Waals surface area contributed by atoms with E-state index >= 15 is 0 Å². The van der Waals surface area contributed by atoms with E-state index in [-0.39, 0.29) is 29.7 Å². The Morgan fingerprint density at radius 2 is 1.28 bits per heavy atom. The maximum Gasteiger partial charge on any atom is 0.309 e. The fraction of sp³-hybridized carbons (Fsp3) is 0.920. The Morgan fingerprint density at radius 3 is 1.79 bits per heavy atom. The molecule has 3 rings (SSSR count). The average Bonchev–Trinajstić information content (AvgIpc) is 2.74. The highest BCUT2D eigenvalue weighted by atomic mass is 16.5. The van der Waals surface area contributed by atoms with Gasteiger partial charge in [-0.15, -0.1) is 0 Å². The molecule has 0 aromatic heterocycles. The first-order valence-corrected chi connectivity index (χ1v) is 12.0. The van der Waals surface area contributed by atoms with Crippen LogP contribution in [-0.2, 0) is 19.1 Å². The summed E-state index contributed by atoms with van der Waals surface area (Å²) in [6.45, 7) is 6.58. The third-order valence-corrected chi connectivity index (χ3v) is 8.65. The van der Waals surface area contributed by atoms with Crippen LogP contribution in [0.3, 0.4) is 0 Å². The van der Waals surface area contributed by atoms with Crippen molar-refractivity contribution >= 4 is 11.8 Å². The number of rotatable bonds is 6. The summed E-state index contributed by atoms with van der Waals surface area (Å²) in [5, 5.41) is 0. The lowest BCUT2D eigenvalue weighted by Gasteiger charge is -2.46. The van der Waals surface area contributed by atoms with Crippen LogP contribution in [-0.4, -0.2) is 31.1 Å². The number of Topliss-reactive ketones (excluding diaryl/α,β-unsaturated/α-hetero) is 1. The van der Waals surface area contributed by atoms with Gasteiger partial charge in [0.25, 0.3) is 0 Å². The highest BCUT2D eigenvalue weighted by Crippen LogP contribution is 2.49. The zero-order chi connectivity index (χ0) is 21.0. The van der Waals surface area contributed by atoms with E-state index in [4.69, 9.17) is 9.47 Å².